The summed E-state index contributed by atoms with van der Waals surface area (Å²) in [6, 6.07) is 5.86. The van der Waals surface area contributed by atoms with Gasteiger partial charge in [-0.1, -0.05) is 17.7 Å². The maximum absolute atomic E-state index is 9.12. The molecule has 1 heterocycles. The Morgan fingerprint density at radius 1 is 1.42 bits per heavy atom. The number of hydrogen-bond donors (Lipinski definition) is 2. The minimum absolute atomic E-state index is 0.118. The number of nitrogens with one attached hydrogen (secondary N) is 1. The van der Waals surface area contributed by atoms with E-state index in [1.54, 1.807) is 7.11 Å². The van der Waals surface area contributed by atoms with Gasteiger partial charge in [-0.2, -0.15) is 0 Å². The van der Waals surface area contributed by atoms with E-state index in [0.717, 1.165) is 18.6 Å². The van der Waals surface area contributed by atoms with Gasteiger partial charge in [0.25, 0.3) is 0 Å². The van der Waals surface area contributed by atoms with Gasteiger partial charge in [-0.25, -0.2) is 0 Å². The summed E-state index contributed by atoms with van der Waals surface area (Å²) in [4.78, 5) is 0. The van der Waals surface area contributed by atoms with Gasteiger partial charge in [-0.3, -0.25) is 0 Å². The average molecular weight is 283 g/mol. The van der Waals surface area contributed by atoms with Crippen LogP contribution in [0.3, 0.4) is 0 Å². The van der Waals surface area contributed by atoms with E-state index in [1.165, 1.54) is 10.9 Å². The standard InChI is InChI=1S/C14H19ClN2O2/c1-19-7-4-16-9-11-10-17(5-6-18)14-8-12(15)2-3-13(11)14/h2-3,8,10,16,18H,4-7,9H2,1H3. The van der Waals surface area contributed by atoms with Gasteiger partial charge < -0.3 is 19.7 Å². The van der Waals surface area contributed by atoms with Crippen LogP contribution in [-0.2, 0) is 17.8 Å². The third kappa shape index (κ3) is 3.48. The summed E-state index contributed by atoms with van der Waals surface area (Å²) in [7, 11) is 1.69. The highest BCUT2D eigenvalue weighted by atomic mass is 35.5. The fraction of sp³-hybridized carbons (Fsp3) is 0.429. The van der Waals surface area contributed by atoms with E-state index >= 15 is 0 Å². The molecule has 1 aromatic carbocycles. The number of nitrogens with zero attached hydrogens (tertiary/aromatic N) is 1. The van der Waals surface area contributed by atoms with Crippen molar-refractivity contribution in [3.8, 4) is 0 Å². The first-order valence-corrected chi connectivity index (χ1v) is 6.72. The van der Waals surface area contributed by atoms with Crippen molar-refractivity contribution in [2.75, 3.05) is 26.9 Å². The van der Waals surface area contributed by atoms with E-state index in [1.807, 2.05) is 22.8 Å². The Balaban J connectivity index is 2.23. The SMILES string of the molecule is COCCNCc1cn(CCO)c2cc(Cl)ccc12. The first-order valence-electron chi connectivity index (χ1n) is 6.34. The van der Waals surface area contributed by atoms with Crippen molar-refractivity contribution < 1.29 is 9.84 Å². The molecule has 2 aromatic rings. The Labute approximate surface area is 117 Å². The highest BCUT2D eigenvalue weighted by Crippen LogP contribution is 2.24. The van der Waals surface area contributed by atoms with E-state index in [-0.39, 0.29) is 6.61 Å². The Morgan fingerprint density at radius 2 is 2.26 bits per heavy atom. The van der Waals surface area contributed by atoms with Crippen LogP contribution in [0.5, 0.6) is 0 Å². The van der Waals surface area contributed by atoms with Crippen LogP contribution in [0.25, 0.3) is 10.9 Å². The lowest BCUT2D eigenvalue weighted by atomic mass is 10.2. The Kier molecular flexibility index (Phi) is 5.22. The number of halogens is 1. The number of methoxy groups -OCH3 is 1. The summed E-state index contributed by atoms with van der Waals surface area (Å²) in [6.07, 6.45) is 2.07. The molecule has 0 bridgehead atoms. The molecule has 0 aliphatic heterocycles. The molecule has 1 aromatic heterocycles. The molecule has 2 rings (SSSR count). The second kappa shape index (κ2) is 6.91. The molecule has 0 radical (unpaired) electrons. The Bertz CT molecular complexity index is 539. The summed E-state index contributed by atoms with van der Waals surface area (Å²) in [6.45, 7) is 2.99. The van der Waals surface area contributed by atoms with Crippen molar-refractivity contribution >= 4 is 22.5 Å². The number of fused-ring (bicyclic) bond motifs is 1. The predicted molar refractivity (Wildman–Crippen MR) is 77.6 cm³/mol. The van der Waals surface area contributed by atoms with Crippen LogP contribution in [0, 0.1) is 0 Å². The normalized spacial score (nSPS) is 11.3. The van der Waals surface area contributed by atoms with Crippen LogP contribution in [0.1, 0.15) is 5.56 Å². The van der Waals surface area contributed by atoms with Crippen LogP contribution in [-0.4, -0.2) is 36.5 Å². The van der Waals surface area contributed by atoms with Crippen LogP contribution in [0.4, 0.5) is 0 Å². The summed E-state index contributed by atoms with van der Waals surface area (Å²) in [5.41, 5.74) is 2.27. The molecule has 4 nitrogen and oxygen atoms in total. The van der Waals surface area contributed by atoms with Crippen LogP contribution in [0.2, 0.25) is 5.02 Å². The maximum Gasteiger partial charge on any atom is 0.0610 e. The second-order valence-corrected chi connectivity index (χ2v) is 4.84. The molecular formula is C14H19ClN2O2. The molecule has 0 atom stereocenters. The molecule has 0 unspecified atom stereocenters. The Morgan fingerprint density at radius 3 is 3.00 bits per heavy atom. The molecular weight excluding hydrogens is 264 g/mol. The summed E-state index contributed by atoms with van der Waals surface area (Å²) < 4.78 is 7.04. The van der Waals surface area contributed by atoms with Crippen LogP contribution in [0.15, 0.2) is 24.4 Å². The summed E-state index contributed by atoms with van der Waals surface area (Å²) in [5, 5.41) is 14.3. The number of aliphatic hydroxyl groups excluding tert-OH is 1. The first-order chi connectivity index (χ1) is 9.26. The molecule has 19 heavy (non-hydrogen) atoms. The van der Waals surface area contributed by atoms with Gasteiger partial charge in [-0.15, -0.1) is 0 Å². The van der Waals surface area contributed by atoms with Crippen molar-refractivity contribution in [2.24, 2.45) is 0 Å². The molecule has 2 N–H and O–H groups in total. The van der Waals surface area contributed by atoms with Crippen molar-refractivity contribution in [3.63, 3.8) is 0 Å². The van der Waals surface area contributed by atoms with Gasteiger partial charge in [0.2, 0.25) is 0 Å². The van der Waals surface area contributed by atoms with Crippen LogP contribution >= 0.6 is 11.6 Å². The second-order valence-electron chi connectivity index (χ2n) is 4.40. The smallest absolute Gasteiger partial charge is 0.0610 e. The molecule has 0 aliphatic carbocycles. The molecule has 0 saturated carbocycles. The lowest BCUT2D eigenvalue weighted by molar-refractivity contribution is 0.199. The lowest BCUT2D eigenvalue weighted by Crippen LogP contribution is -2.18. The van der Waals surface area contributed by atoms with E-state index in [4.69, 9.17) is 21.4 Å². The van der Waals surface area contributed by atoms with Crippen molar-refractivity contribution in [2.45, 2.75) is 13.1 Å². The quantitative estimate of drug-likeness (QED) is 0.764. The number of ether oxygens (including phenoxy) is 1. The minimum Gasteiger partial charge on any atom is -0.395 e. The summed E-state index contributed by atoms with van der Waals surface area (Å²) in [5.74, 6) is 0. The van der Waals surface area contributed by atoms with Gasteiger partial charge in [-0.05, 0) is 17.7 Å². The lowest BCUT2D eigenvalue weighted by Gasteiger charge is -2.02. The van der Waals surface area contributed by atoms with Crippen molar-refractivity contribution in [1.29, 1.82) is 0 Å². The third-order valence-corrected chi connectivity index (χ3v) is 3.30. The minimum atomic E-state index is 0.118. The number of rotatable bonds is 7. The number of hydrogen-bond acceptors (Lipinski definition) is 3. The Hall–Kier alpha value is -1.07. The number of benzene rings is 1. The highest BCUT2D eigenvalue weighted by Gasteiger charge is 2.08. The fourth-order valence-electron chi connectivity index (χ4n) is 2.17. The van der Waals surface area contributed by atoms with Gasteiger partial charge in [0.05, 0.1) is 13.2 Å². The molecule has 104 valence electrons. The molecule has 0 spiro atoms. The topological polar surface area (TPSA) is 46.4 Å². The van der Waals surface area contributed by atoms with Crippen molar-refractivity contribution in [3.05, 3.63) is 35.0 Å². The third-order valence-electron chi connectivity index (χ3n) is 3.07. The highest BCUT2D eigenvalue weighted by molar-refractivity contribution is 6.31. The maximum atomic E-state index is 9.12. The number of aromatic nitrogens is 1. The largest absolute Gasteiger partial charge is 0.395 e. The molecule has 0 aliphatic rings. The molecule has 0 amide bonds. The van der Waals surface area contributed by atoms with Gasteiger partial charge in [0, 0.05) is 48.9 Å². The predicted octanol–water partition coefficient (Wildman–Crippen LogP) is 2.02. The van der Waals surface area contributed by atoms with E-state index in [2.05, 4.69) is 11.5 Å². The average Bonchev–Trinajstić information content (AvgIpc) is 2.73. The molecule has 0 saturated heterocycles. The molecule has 0 fully saturated rings. The first kappa shape index (κ1) is 14.3. The van der Waals surface area contributed by atoms with Crippen LogP contribution < -0.4 is 5.32 Å². The van der Waals surface area contributed by atoms with Gasteiger partial charge in [0.1, 0.15) is 0 Å². The van der Waals surface area contributed by atoms with E-state index < -0.39 is 0 Å². The molecule has 5 heteroatoms. The van der Waals surface area contributed by atoms with E-state index in [0.29, 0.717) is 18.2 Å². The zero-order valence-electron chi connectivity index (χ0n) is 11.0. The zero-order valence-corrected chi connectivity index (χ0v) is 11.8. The fourth-order valence-corrected chi connectivity index (χ4v) is 2.34. The monoisotopic (exact) mass is 282 g/mol. The van der Waals surface area contributed by atoms with Crippen molar-refractivity contribution in [1.82, 2.24) is 9.88 Å². The zero-order chi connectivity index (χ0) is 13.7. The summed E-state index contributed by atoms with van der Waals surface area (Å²) >= 11 is 6.04. The van der Waals surface area contributed by atoms with E-state index in [9.17, 15) is 0 Å². The van der Waals surface area contributed by atoms with Gasteiger partial charge >= 0.3 is 0 Å². The van der Waals surface area contributed by atoms with Gasteiger partial charge in [0.15, 0.2) is 0 Å². The number of aliphatic hydroxyl groups is 1.